The van der Waals surface area contributed by atoms with Crippen molar-refractivity contribution in [2.45, 2.75) is 31.8 Å². The number of H-pyrrole nitrogens is 1. The number of carbonyl (C=O) groups is 1. The van der Waals surface area contributed by atoms with Crippen LogP contribution >= 0.6 is 0 Å². The standard InChI is InChI=1S/C13H19N3O4S/c1-7(2)10-4-3-8(12(17)15-10)13(18)16-11-6-21(19,20)5-9(11)14/h3-4,7,9,11H,5-6,14H2,1-2H3,(H,15,17)(H,16,18). The third-order valence-electron chi connectivity index (χ3n) is 3.51. The number of amides is 1. The van der Waals surface area contributed by atoms with Gasteiger partial charge in [0.05, 0.1) is 17.5 Å². The van der Waals surface area contributed by atoms with E-state index in [9.17, 15) is 18.0 Å². The summed E-state index contributed by atoms with van der Waals surface area (Å²) in [6.45, 7) is 3.85. The monoisotopic (exact) mass is 313 g/mol. The van der Waals surface area contributed by atoms with Crippen LogP contribution in [0.25, 0.3) is 0 Å². The lowest BCUT2D eigenvalue weighted by atomic mass is 10.1. The first-order chi connectivity index (χ1) is 9.69. The van der Waals surface area contributed by atoms with Crippen LogP contribution < -0.4 is 16.6 Å². The molecule has 116 valence electrons. The summed E-state index contributed by atoms with van der Waals surface area (Å²) < 4.78 is 22.9. The summed E-state index contributed by atoms with van der Waals surface area (Å²) in [5, 5.41) is 2.53. The summed E-state index contributed by atoms with van der Waals surface area (Å²) >= 11 is 0. The van der Waals surface area contributed by atoms with E-state index in [0.717, 1.165) is 5.69 Å². The molecule has 1 aromatic heterocycles. The van der Waals surface area contributed by atoms with Crippen molar-refractivity contribution in [3.8, 4) is 0 Å². The van der Waals surface area contributed by atoms with Crippen LogP contribution in [0.5, 0.6) is 0 Å². The molecular weight excluding hydrogens is 294 g/mol. The van der Waals surface area contributed by atoms with E-state index in [0.29, 0.717) is 0 Å². The summed E-state index contributed by atoms with van der Waals surface area (Å²) in [6.07, 6.45) is 0. The van der Waals surface area contributed by atoms with Crippen molar-refractivity contribution in [2.75, 3.05) is 11.5 Å². The topological polar surface area (TPSA) is 122 Å². The Balaban J connectivity index is 2.16. The molecule has 0 spiro atoms. The van der Waals surface area contributed by atoms with Crippen molar-refractivity contribution in [1.82, 2.24) is 10.3 Å². The van der Waals surface area contributed by atoms with Gasteiger partial charge < -0.3 is 16.0 Å². The number of pyridine rings is 1. The molecule has 2 rings (SSSR count). The lowest BCUT2D eigenvalue weighted by Crippen LogP contribution is -2.47. The molecule has 2 atom stereocenters. The minimum atomic E-state index is -3.23. The molecule has 8 heteroatoms. The molecule has 0 saturated carbocycles. The minimum absolute atomic E-state index is 0.0455. The number of hydrogen-bond acceptors (Lipinski definition) is 5. The Morgan fingerprint density at radius 2 is 2.05 bits per heavy atom. The number of hydrogen-bond donors (Lipinski definition) is 3. The highest BCUT2D eigenvalue weighted by Crippen LogP contribution is 2.12. The second kappa shape index (κ2) is 5.61. The van der Waals surface area contributed by atoms with Crippen molar-refractivity contribution in [3.05, 3.63) is 33.7 Å². The number of carbonyl (C=O) groups excluding carboxylic acids is 1. The summed E-state index contributed by atoms with van der Waals surface area (Å²) in [6, 6.07) is 1.81. The van der Waals surface area contributed by atoms with E-state index in [1.54, 1.807) is 6.07 Å². The van der Waals surface area contributed by atoms with Gasteiger partial charge in [-0.1, -0.05) is 13.8 Å². The highest BCUT2D eigenvalue weighted by Gasteiger charge is 2.36. The van der Waals surface area contributed by atoms with Crippen LogP contribution in [0.1, 0.15) is 35.8 Å². The third kappa shape index (κ3) is 3.51. The molecule has 1 aliphatic heterocycles. The Bertz CT molecular complexity index is 708. The summed E-state index contributed by atoms with van der Waals surface area (Å²) in [7, 11) is -3.23. The van der Waals surface area contributed by atoms with Crippen LogP contribution in [0.4, 0.5) is 0 Å². The number of aromatic amines is 1. The average Bonchev–Trinajstić information content (AvgIpc) is 2.61. The second-order valence-corrected chi connectivity index (χ2v) is 7.79. The molecule has 4 N–H and O–H groups in total. The summed E-state index contributed by atoms with van der Waals surface area (Å²) in [4.78, 5) is 26.6. The largest absolute Gasteiger partial charge is 0.347 e. The van der Waals surface area contributed by atoms with Crippen LogP contribution in [0.3, 0.4) is 0 Å². The molecule has 1 aromatic rings. The smallest absolute Gasteiger partial charge is 0.261 e. The maximum atomic E-state index is 12.1. The molecule has 0 bridgehead atoms. The van der Waals surface area contributed by atoms with Gasteiger partial charge in [-0.25, -0.2) is 8.42 Å². The van der Waals surface area contributed by atoms with Gasteiger partial charge in [0.15, 0.2) is 9.84 Å². The molecule has 1 amide bonds. The number of nitrogens with one attached hydrogen (secondary N) is 2. The first kappa shape index (κ1) is 15.7. The third-order valence-corrected chi connectivity index (χ3v) is 5.27. The van der Waals surface area contributed by atoms with E-state index in [2.05, 4.69) is 10.3 Å². The SMILES string of the molecule is CC(C)c1ccc(C(=O)NC2CS(=O)(=O)CC2N)c(=O)[nH]1. The minimum Gasteiger partial charge on any atom is -0.347 e. The van der Waals surface area contributed by atoms with Gasteiger partial charge in [0.1, 0.15) is 5.56 Å². The first-order valence-electron chi connectivity index (χ1n) is 6.69. The quantitative estimate of drug-likeness (QED) is 0.684. The molecule has 0 radical (unpaired) electrons. The molecule has 0 aromatic carbocycles. The normalized spacial score (nSPS) is 24.2. The van der Waals surface area contributed by atoms with Crippen molar-refractivity contribution < 1.29 is 13.2 Å². The van der Waals surface area contributed by atoms with E-state index in [4.69, 9.17) is 5.73 Å². The Kier molecular flexibility index (Phi) is 4.20. The molecule has 0 aliphatic carbocycles. The van der Waals surface area contributed by atoms with Crippen molar-refractivity contribution >= 4 is 15.7 Å². The predicted molar refractivity (Wildman–Crippen MR) is 79.0 cm³/mol. The highest BCUT2D eigenvalue weighted by molar-refractivity contribution is 7.91. The number of rotatable bonds is 3. The molecule has 2 unspecified atom stereocenters. The zero-order valence-electron chi connectivity index (χ0n) is 11.9. The molecule has 7 nitrogen and oxygen atoms in total. The van der Waals surface area contributed by atoms with Gasteiger partial charge >= 0.3 is 0 Å². The zero-order chi connectivity index (χ0) is 15.8. The van der Waals surface area contributed by atoms with Crippen LogP contribution in [0.15, 0.2) is 16.9 Å². The van der Waals surface area contributed by atoms with Gasteiger partial charge in [-0.15, -0.1) is 0 Å². The van der Waals surface area contributed by atoms with Gasteiger partial charge in [-0.05, 0) is 18.1 Å². The van der Waals surface area contributed by atoms with Crippen molar-refractivity contribution in [1.29, 1.82) is 0 Å². The first-order valence-corrected chi connectivity index (χ1v) is 8.52. The molecule has 1 aliphatic rings. The summed E-state index contributed by atoms with van der Waals surface area (Å²) in [5.74, 6) is -0.810. The summed E-state index contributed by atoms with van der Waals surface area (Å²) in [5.41, 5.74) is 5.90. The van der Waals surface area contributed by atoms with E-state index in [1.807, 2.05) is 13.8 Å². The molecule has 1 saturated heterocycles. The lowest BCUT2D eigenvalue weighted by Gasteiger charge is -2.15. The highest BCUT2D eigenvalue weighted by atomic mass is 32.2. The van der Waals surface area contributed by atoms with Crippen molar-refractivity contribution in [3.63, 3.8) is 0 Å². The maximum Gasteiger partial charge on any atom is 0.261 e. The van der Waals surface area contributed by atoms with Crippen molar-refractivity contribution in [2.24, 2.45) is 5.73 Å². The van der Waals surface area contributed by atoms with E-state index >= 15 is 0 Å². The fourth-order valence-corrected chi connectivity index (χ4v) is 4.11. The Hall–Kier alpha value is -1.67. The fourth-order valence-electron chi connectivity index (χ4n) is 2.27. The van der Waals surface area contributed by atoms with Gasteiger partial charge in [-0.2, -0.15) is 0 Å². The Labute approximate surface area is 122 Å². The van der Waals surface area contributed by atoms with E-state index in [-0.39, 0.29) is 23.0 Å². The van der Waals surface area contributed by atoms with Gasteiger partial charge in [0.25, 0.3) is 11.5 Å². The van der Waals surface area contributed by atoms with Crippen LogP contribution in [0, 0.1) is 0 Å². The molecule has 21 heavy (non-hydrogen) atoms. The average molecular weight is 313 g/mol. The van der Waals surface area contributed by atoms with Crippen LogP contribution in [0.2, 0.25) is 0 Å². The Morgan fingerprint density at radius 3 is 2.52 bits per heavy atom. The maximum absolute atomic E-state index is 12.1. The second-order valence-electron chi connectivity index (χ2n) is 5.63. The fraction of sp³-hybridized carbons (Fsp3) is 0.538. The Morgan fingerprint density at radius 1 is 1.38 bits per heavy atom. The number of sulfone groups is 1. The van der Waals surface area contributed by atoms with E-state index in [1.165, 1.54) is 6.07 Å². The van der Waals surface area contributed by atoms with Gasteiger partial charge in [0, 0.05) is 11.7 Å². The van der Waals surface area contributed by atoms with Crippen LogP contribution in [-0.4, -0.2) is 42.9 Å². The number of aromatic nitrogens is 1. The van der Waals surface area contributed by atoms with Gasteiger partial charge in [-0.3, -0.25) is 9.59 Å². The van der Waals surface area contributed by atoms with Gasteiger partial charge in [0.2, 0.25) is 0 Å². The zero-order valence-corrected chi connectivity index (χ0v) is 12.7. The lowest BCUT2D eigenvalue weighted by molar-refractivity contribution is 0.0936. The number of nitrogens with two attached hydrogens (primary N) is 1. The van der Waals surface area contributed by atoms with Crippen LogP contribution in [-0.2, 0) is 9.84 Å². The molecular formula is C13H19N3O4S. The molecule has 1 fully saturated rings. The molecule has 2 heterocycles. The van der Waals surface area contributed by atoms with E-state index < -0.39 is 33.4 Å². The predicted octanol–water partition coefficient (Wildman–Crippen LogP) is -0.648.